The Hall–Kier alpha value is -1.94. The lowest BCUT2D eigenvalue weighted by molar-refractivity contribution is -0.161. The van der Waals surface area contributed by atoms with Gasteiger partial charge >= 0.3 is 39.5 Å². The molecule has 0 radical (unpaired) electrons. The molecule has 0 fully saturated rings. The van der Waals surface area contributed by atoms with Crippen LogP contribution in [-0.2, 0) is 65.4 Å². The monoisotopic (exact) mass is 1350 g/mol. The van der Waals surface area contributed by atoms with E-state index >= 15 is 0 Å². The van der Waals surface area contributed by atoms with Gasteiger partial charge in [0.1, 0.15) is 19.3 Å². The smallest absolute Gasteiger partial charge is 0.462 e. The van der Waals surface area contributed by atoms with Crippen molar-refractivity contribution in [3.63, 3.8) is 0 Å². The van der Waals surface area contributed by atoms with Gasteiger partial charge < -0.3 is 33.8 Å². The molecule has 17 nitrogen and oxygen atoms in total. The number of hydrogen-bond acceptors (Lipinski definition) is 15. The summed E-state index contributed by atoms with van der Waals surface area (Å²) in [7, 11) is -9.91. The Labute approximate surface area is 562 Å². The molecule has 3 N–H and O–H groups in total. The van der Waals surface area contributed by atoms with Crippen LogP contribution in [0, 0.1) is 23.7 Å². The summed E-state index contributed by atoms with van der Waals surface area (Å²) in [4.78, 5) is 72.6. The molecular weight excluding hydrogens is 1210 g/mol. The van der Waals surface area contributed by atoms with Gasteiger partial charge in [-0.25, -0.2) is 9.13 Å². The van der Waals surface area contributed by atoms with E-state index in [0.29, 0.717) is 25.7 Å². The van der Waals surface area contributed by atoms with E-state index in [1.54, 1.807) is 0 Å². The maximum Gasteiger partial charge on any atom is 0.472 e. The third kappa shape index (κ3) is 65.4. The number of rotatable bonds is 70. The molecule has 0 saturated carbocycles. The fourth-order valence-electron chi connectivity index (χ4n) is 11.0. The Kier molecular flexibility index (Phi) is 61.3. The highest BCUT2D eigenvalue weighted by Gasteiger charge is 2.30. The number of carbonyl (C=O) groups excluding carboxylic acids is 4. The van der Waals surface area contributed by atoms with Crippen LogP contribution < -0.4 is 0 Å². The normalized spacial score (nSPS) is 14.5. The molecule has 0 aliphatic rings. The highest BCUT2D eigenvalue weighted by Crippen LogP contribution is 2.45. The Balaban J connectivity index is 5.20. The van der Waals surface area contributed by atoms with Crippen LogP contribution in [0.1, 0.15) is 364 Å². The molecule has 0 amide bonds. The second-order valence-electron chi connectivity index (χ2n) is 28.0. The van der Waals surface area contributed by atoms with Crippen LogP contribution in [0.4, 0.5) is 0 Å². The predicted octanol–water partition coefficient (Wildman–Crippen LogP) is 20.9. The van der Waals surface area contributed by atoms with Crippen LogP contribution in [0.3, 0.4) is 0 Å². The summed E-state index contributed by atoms with van der Waals surface area (Å²) in [5.41, 5.74) is 0. The van der Waals surface area contributed by atoms with Crippen molar-refractivity contribution in [1.82, 2.24) is 0 Å². The molecule has 92 heavy (non-hydrogen) atoms. The van der Waals surface area contributed by atoms with Crippen molar-refractivity contribution in [2.45, 2.75) is 382 Å². The van der Waals surface area contributed by atoms with Crippen LogP contribution in [-0.4, -0.2) is 96.7 Å². The molecule has 0 saturated heterocycles. The van der Waals surface area contributed by atoms with E-state index in [0.717, 1.165) is 120 Å². The molecule has 0 bridgehead atoms. The fraction of sp³-hybridized carbons (Fsp3) is 0.945. The van der Waals surface area contributed by atoms with Crippen molar-refractivity contribution in [3.05, 3.63) is 0 Å². The first-order valence-electron chi connectivity index (χ1n) is 37.7. The van der Waals surface area contributed by atoms with Gasteiger partial charge in [-0.15, -0.1) is 0 Å². The number of phosphoric ester groups is 2. The minimum Gasteiger partial charge on any atom is -0.462 e. The molecule has 0 spiro atoms. The summed E-state index contributed by atoms with van der Waals surface area (Å²) in [5, 5.41) is 10.6. The van der Waals surface area contributed by atoms with Crippen LogP contribution in [0.2, 0.25) is 0 Å². The van der Waals surface area contributed by atoms with Gasteiger partial charge in [-0.2, -0.15) is 0 Å². The number of carbonyl (C=O) groups is 4. The van der Waals surface area contributed by atoms with E-state index < -0.39 is 97.5 Å². The van der Waals surface area contributed by atoms with E-state index in [9.17, 15) is 43.2 Å². The third-order valence-electron chi connectivity index (χ3n) is 17.2. The molecule has 0 aromatic heterocycles. The average molecular weight is 1350 g/mol. The van der Waals surface area contributed by atoms with Gasteiger partial charge in [0, 0.05) is 25.7 Å². The highest BCUT2D eigenvalue weighted by molar-refractivity contribution is 7.47. The highest BCUT2D eigenvalue weighted by atomic mass is 31.2. The Bertz CT molecular complexity index is 1820. The molecule has 3 unspecified atom stereocenters. The lowest BCUT2D eigenvalue weighted by Gasteiger charge is -2.21. The first-order valence-corrected chi connectivity index (χ1v) is 40.7. The largest absolute Gasteiger partial charge is 0.472 e. The molecule has 546 valence electrons. The number of phosphoric acid groups is 2. The van der Waals surface area contributed by atoms with Gasteiger partial charge in [-0.3, -0.25) is 37.3 Å². The summed E-state index contributed by atoms with van der Waals surface area (Å²) in [5.74, 6) is 0.870. The van der Waals surface area contributed by atoms with Gasteiger partial charge in [-0.05, 0) is 49.4 Å². The lowest BCUT2D eigenvalue weighted by Crippen LogP contribution is -2.30. The minimum absolute atomic E-state index is 0.103. The zero-order valence-electron chi connectivity index (χ0n) is 60.2. The summed E-state index contributed by atoms with van der Waals surface area (Å²) >= 11 is 0. The number of unbranched alkanes of at least 4 members (excludes halogenated alkanes) is 35. The van der Waals surface area contributed by atoms with Gasteiger partial charge in [0.15, 0.2) is 12.2 Å². The van der Waals surface area contributed by atoms with Crippen molar-refractivity contribution >= 4 is 39.5 Å². The average Bonchev–Trinajstić information content (AvgIpc) is 2.75. The Morgan fingerprint density at radius 1 is 0.304 bits per heavy atom. The van der Waals surface area contributed by atoms with E-state index in [1.807, 2.05) is 0 Å². The predicted molar refractivity (Wildman–Crippen MR) is 372 cm³/mol. The van der Waals surface area contributed by atoms with Gasteiger partial charge in [0.2, 0.25) is 0 Å². The van der Waals surface area contributed by atoms with Gasteiger partial charge in [-0.1, -0.05) is 312 Å². The summed E-state index contributed by atoms with van der Waals surface area (Å²) in [6.45, 7) is 14.1. The second kappa shape index (κ2) is 62.6. The summed E-state index contributed by atoms with van der Waals surface area (Å²) in [6, 6.07) is 0. The van der Waals surface area contributed by atoms with Crippen LogP contribution in [0.5, 0.6) is 0 Å². The number of aliphatic hydroxyl groups excluding tert-OH is 1. The van der Waals surface area contributed by atoms with Gasteiger partial charge in [0.25, 0.3) is 0 Å². The topological polar surface area (TPSA) is 237 Å². The fourth-order valence-corrected chi connectivity index (χ4v) is 12.6. The quantitative estimate of drug-likeness (QED) is 0.0222. The minimum atomic E-state index is -4.95. The SMILES string of the molecule is CCC(C)CCCCCCCCC(=O)OC[C@H](COP(=O)(O)OC[C@H](O)COP(=O)(O)OC[C@@H](COC(=O)CCCCCCCCCCCCCCCCCCC(C)C)OC(=O)CCCCCCCCCCCC(C)C)OC(=O)CCCCCCCCCCC(C)C. The number of esters is 4. The maximum atomic E-state index is 13.0. The van der Waals surface area contributed by atoms with E-state index in [2.05, 4.69) is 55.4 Å². The zero-order chi connectivity index (χ0) is 68.2. The van der Waals surface area contributed by atoms with Crippen LogP contribution in [0.25, 0.3) is 0 Å². The molecule has 0 heterocycles. The van der Waals surface area contributed by atoms with Crippen molar-refractivity contribution in [2.75, 3.05) is 39.6 Å². The lowest BCUT2D eigenvalue weighted by atomic mass is 10.00. The van der Waals surface area contributed by atoms with Crippen LogP contribution >= 0.6 is 15.6 Å². The molecule has 6 atom stereocenters. The van der Waals surface area contributed by atoms with Crippen molar-refractivity contribution in [3.8, 4) is 0 Å². The molecule has 0 aromatic rings. The van der Waals surface area contributed by atoms with Crippen molar-refractivity contribution in [1.29, 1.82) is 0 Å². The van der Waals surface area contributed by atoms with Crippen molar-refractivity contribution in [2.24, 2.45) is 23.7 Å². The number of aliphatic hydroxyl groups is 1. The molecular formula is C73H142O17P2. The molecule has 0 rings (SSSR count). The van der Waals surface area contributed by atoms with E-state index in [-0.39, 0.29) is 25.7 Å². The third-order valence-corrected chi connectivity index (χ3v) is 19.1. The number of hydrogen-bond donors (Lipinski definition) is 3. The zero-order valence-corrected chi connectivity index (χ0v) is 62.0. The van der Waals surface area contributed by atoms with Crippen LogP contribution in [0.15, 0.2) is 0 Å². The van der Waals surface area contributed by atoms with E-state index in [4.69, 9.17) is 37.0 Å². The molecule has 19 heteroatoms. The van der Waals surface area contributed by atoms with Crippen molar-refractivity contribution < 1.29 is 80.2 Å². The Morgan fingerprint density at radius 3 is 0.772 bits per heavy atom. The summed E-state index contributed by atoms with van der Waals surface area (Å²) < 4.78 is 68.3. The molecule has 0 aliphatic heterocycles. The Morgan fingerprint density at radius 2 is 0.522 bits per heavy atom. The first kappa shape index (κ1) is 90.1. The summed E-state index contributed by atoms with van der Waals surface area (Å²) in [6.07, 6.45) is 46.0. The van der Waals surface area contributed by atoms with E-state index in [1.165, 1.54) is 161 Å². The number of ether oxygens (including phenoxy) is 4. The maximum absolute atomic E-state index is 13.0. The van der Waals surface area contributed by atoms with Gasteiger partial charge in [0.05, 0.1) is 26.4 Å². The second-order valence-corrected chi connectivity index (χ2v) is 30.9. The molecule has 0 aromatic carbocycles. The standard InChI is InChI=1S/C73H142O17P2/c1-9-66(8)52-44-36-31-32-38-46-54-71(76)84-60-69(90-73(78)56-48-40-30-24-23-27-35-43-51-65(6)7)62-88-92(81,82)86-58-67(74)57-85-91(79,80)87-61-68(89-72(77)55-47-39-29-22-18-20-26-34-42-50-64(4)5)59-83-70(75)53-45-37-28-21-17-15-13-11-10-12-14-16-19-25-33-41-49-63(2)3/h63-69,74H,9-62H2,1-8H3,(H,79,80)(H,81,82)/t66?,67-,68-,69-/m1/s1. The first-order chi connectivity index (χ1) is 44.1. The molecule has 0 aliphatic carbocycles.